The van der Waals surface area contributed by atoms with Gasteiger partial charge in [-0.05, 0) is 30.7 Å². The molecule has 0 bridgehead atoms. The molecule has 1 N–H and O–H groups in total. The van der Waals surface area contributed by atoms with Gasteiger partial charge in [0.1, 0.15) is 24.7 Å². The van der Waals surface area contributed by atoms with Crippen LogP contribution in [0.5, 0.6) is 11.5 Å². The Morgan fingerprint density at radius 2 is 2.05 bits per heavy atom. The van der Waals surface area contributed by atoms with Gasteiger partial charge in [-0.1, -0.05) is 28.9 Å². The van der Waals surface area contributed by atoms with Crippen LogP contribution in [-0.4, -0.2) is 24.3 Å². The van der Waals surface area contributed by atoms with Crippen molar-refractivity contribution < 1.29 is 19.4 Å². The normalized spacial score (nSPS) is 10.4. The van der Waals surface area contributed by atoms with E-state index in [1.165, 1.54) is 11.3 Å². The number of hydrogen-bond donors (Lipinski definition) is 1. The molecule has 0 radical (unpaired) electrons. The monoisotopic (exact) mass is 370 g/mol. The summed E-state index contributed by atoms with van der Waals surface area (Å²) in [6.07, 6.45) is 0.794. The highest BCUT2D eigenvalue weighted by molar-refractivity contribution is 9.10. The Labute approximate surface area is 135 Å². The standard InChI is InChI=1S/C15H15BrO4S/c1-2-12-9-13(14(21-12)15(17)18)20-7-6-19-11-5-3-4-10(16)8-11/h3-5,8-9H,2,6-7H2,1H3,(H,17,18). The molecular weight excluding hydrogens is 356 g/mol. The lowest BCUT2D eigenvalue weighted by Gasteiger charge is -2.08. The smallest absolute Gasteiger partial charge is 0.349 e. The summed E-state index contributed by atoms with van der Waals surface area (Å²) in [5, 5.41) is 9.13. The third kappa shape index (κ3) is 4.47. The summed E-state index contributed by atoms with van der Waals surface area (Å²) in [4.78, 5) is 12.4. The van der Waals surface area contributed by atoms with Crippen molar-refractivity contribution in [1.82, 2.24) is 0 Å². The summed E-state index contributed by atoms with van der Waals surface area (Å²) in [6, 6.07) is 9.30. The van der Waals surface area contributed by atoms with E-state index in [0.29, 0.717) is 19.0 Å². The molecule has 0 saturated heterocycles. The molecule has 0 atom stereocenters. The van der Waals surface area contributed by atoms with Crippen LogP contribution in [0.1, 0.15) is 21.5 Å². The Bertz CT molecular complexity index is 624. The lowest BCUT2D eigenvalue weighted by molar-refractivity contribution is 0.0697. The zero-order valence-electron chi connectivity index (χ0n) is 11.5. The number of rotatable bonds is 7. The van der Waals surface area contributed by atoms with E-state index in [4.69, 9.17) is 14.6 Å². The van der Waals surface area contributed by atoms with Gasteiger partial charge in [0.25, 0.3) is 0 Å². The molecule has 0 unspecified atom stereocenters. The van der Waals surface area contributed by atoms with Crippen LogP contribution in [0.2, 0.25) is 0 Å². The van der Waals surface area contributed by atoms with Crippen molar-refractivity contribution in [2.45, 2.75) is 13.3 Å². The number of carboxylic acid groups (broad SMARTS) is 1. The first kappa shape index (κ1) is 15.9. The van der Waals surface area contributed by atoms with Crippen molar-refractivity contribution in [3.63, 3.8) is 0 Å². The van der Waals surface area contributed by atoms with Gasteiger partial charge >= 0.3 is 5.97 Å². The van der Waals surface area contributed by atoms with Gasteiger partial charge in [0.2, 0.25) is 0 Å². The van der Waals surface area contributed by atoms with Crippen molar-refractivity contribution >= 4 is 33.2 Å². The molecule has 1 heterocycles. The number of aromatic carboxylic acids is 1. The van der Waals surface area contributed by atoms with Crippen LogP contribution in [0.25, 0.3) is 0 Å². The van der Waals surface area contributed by atoms with E-state index in [1.54, 1.807) is 6.07 Å². The number of benzene rings is 1. The fourth-order valence-corrected chi connectivity index (χ4v) is 2.98. The molecule has 2 aromatic rings. The lowest BCUT2D eigenvalue weighted by atomic mass is 10.3. The van der Waals surface area contributed by atoms with Crippen molar-refractivity contribution in [3.8, 4) is 11.5 Å². The number of halogens is 1. The lowest BCUT2D eigenvalue weighted by Crippen LogP contribution is -2.10. The molecule has 0 spiro atoms. The van der Waals surface area contributed by atoms with Gasteiger partial charge in [-0.15, -0.1) is 11.3 Å². The van der Waals surface area contributed by atoms with Crippen LogP contribution < -0.4 is 9.47 Å². The first-order valence-corrected chi connectivity index (χ1v) is 8.08. The highest BCUT2D eigenvalue weighted by atomic mass is 79.9. The maximum absolute atomic E-state index is 11.1. The maximum atomic E-state index is 11.1. The SMILES string of the molecule is CCc1cc(OCCOc2cccc(Br)c2)c(C(=O)O)s1. The van der Waals surface area contributed by atoms with Gasteiger partial charge in [0.15, 0.2) is 4.88 Å². The number of carboxylic acids is 1. The summed E-state index contributed by atoms with van der Waals surface area (Å²) in [7, 11) is 0. The second kappa shape index (κ2) is 7.47. The molecule has 1 aromatic heterocycles. The van der Waals surface area contributed by atoms with Crippen molar-refractivity contribution in [2.24, 2.45) is 0 Å². The molecular formula is C15H15BrO4S. The van der Waals surface area contributed by atoms with Crippen LogP contribution in [0.4, 0.5) is 0 Å². The predicted molar refractivity (Wildman–Crippen MR) is 85.8 cm³/mol. The Morgan fingerprint density at radius 1 is 1.29 bits per heavy atom. The second-order valence-corrected chi connectivity index (χ2v) is 6.27. The van der Waals surface area contributed by atoms with Gasteiger partial charge in [0.05, 0.1) is 0 Å². The molecule has 0 fully saturated rings. The number of carbonyl (C=O) groups is 1. The van der Waals surface area contributed by atoms with Gasteiger partial charge < -0.3 is 14.6 Å². The molecule has 0 amide bonds. The van der Waals surface area contributed by atoms with Crippen LogP contribution in [0.15, 0.2) is 34.8 Å². The van der Waals surface area contributed by atoms with Gasteiger partial charge in [-0.2, -0.15) is 0 Å². The maximum Gasteiger partial charge on any atom is 0.349 e. The first-order chi connectivity index (χ1) is 10.1. The Hall–Kier alpha value is -1.53. The molecule has 1 aromatic carbocycles. The van der Waals surface area contributed by atoms with Gasteiger partial charge in [-0.3, -0.25) is 0 Å². The van der Waals surface area contributed by atoms with Crippen LogP contribution in [-0.2, 0) is 6.42 Å². The minimum absolute atomic E-state index is 0.245. The largest absolute Gasteiger partial charge is 0.490 e. The van der Waals surface area contributed by atoms with E-state index in [9.17, 15) is 4.79 Å². The van der Waals surface area contributed by atoms with E-state index in [2.05, 4.69) is 15.9 Å². The molecule has 2 rings (SSSR count). The van der Waals surface area contributed by atoms with Gasteiger partial charge in [-0.25, -0.2) is 4.79 Å². The first-order valence-electron chi connectivity index (χ1n) is 6.47. The Morgan fingerprint density at radius 3 is 2.71 bits per heavy atom. The highest BCUT2D eigenvalue weighted by Crippen LogP contribution is 2.29. The Kier molecular flexibility index (Phi) is 5.64. The average Bonchev–Trinajstić information content (AvgIpc) is 2.87. The van der Waals surface area contributed by atoms with Crippen LogP contribution >= 0.6 is 27.3 Å². The number of ether oxygens (including phenoxy) is 2. The Balaban J connectivity index is 1.88. The number of hydrogen-bond acceptors (Lipinski definition) is 4. The van der Waals surface area contributed by atoms with E-state index in [0.717, 1.165) is 21.5 Å². The molecule has 4 nitrogen and oxygen atoms in total. The van der Waals surface area contributed by atoms with Gasteiger partial charge in [0, 0.05) is 9.35 Å². The topological polar surface area (TPSA) is 55.8 Å². The fourth-order valence-electron chi connectivity index (χ4n) is 1.72. The summed E-state index contributed by atoms with van der Waals surface area (Å²) < 4.78 is 12.0. The predicted octanol–water partition coefficient (Wildman–Crippen LogP) is 4.23. The molecule has 21 heavy (non-hydrogen) atoms. The molecule has 6 heteroatoms. The highest BCUT2D eigenvalue weighted by Gasteiger charge is 2.16. The zero-order valence-corrected chi connectivity index (χ0v) is 13.9. The average molecular weight is 371 g/mol. The molecule has 0 saturated carbocycles. The summed E-state index contributed by atoms with van der Waals surface area (Å²) in [5.41, 5.74) is 0. The third-order valence-corrected chi connectivity index (χ3v) is 4.44. The van der Waals surface area contributed by atoms with Crippen molar-refractivity contribution in [3.05, 3.63) is 44.6 Å². The van der Waals surface area contributed by atoms with E-state index < -0.39 is 5.97 Å². The quantitative estimate of drug-likeness (QED) is 0.740. The molecule has 112 valence electrons. The minimum atomic E-state index is -0.956. The molecule has 0 aliphatic heterocycles. The van der Waals surface area contributed by atoms with E-state index >= 15 is 0 Å². The van der Waals surface area contributed by atoms with Crippen LogP contribution in [0, 0.1) is 0 Å². The molecule has 0 aliphatic rings. The minimum Gasteiger partial charge on any atom is -0.490 e. The van der Waals surface area contributed by atoms with E-state index in [-0.39, 0.29) is 4.88 Å². The zero-order chi connectivity index (χ0) is 15.2. The summed E-state index contributed by atoms with van der Waals surface area (Å²) in [6.45, 7) is 2.64. The van der Waals surface area contributed by atoms with Crippen LogP contribution in [0.3, 0.4) is 0 Å². The summed E-state index contributed by atoms with van der Waals surface area (Å²) >= 11 is 4.62. The summed E-state index contributed by atoms with van der Waals surface area (Å²) in [5.74, 6) is 0.204. The third-order valence-electron chi connectivity index (χ3n) is 2.70. The van der Waals surface area contributed by atoms with Crippen molar-refractivity contribution in [2.75, 3.05) is 13.2 Å². The number of aryl methyl sites for hydroxylation is 1. The number of thiophene rings is 1. The van der Waals surface area contributed by atoms with Crippen molar-refractivity contribution in [1.29, 1.82) is 0 Å². The molecule has 0 aliphatic carbocycles. The van der Waals surface area contributed by atoms with E-state index in [1.807, 2.05) is 31.2 Å². The second-order valence-electron chi connectivity index (χ2n) is 4.22. The fraction of sp³-hybridized carbons (Fsp3) is 0.267.